The minimum absolute atomic E-state index is 0.128. The van der Waals surface area contributed by atoms with E-state index in [1.165, 1.54) is 16.2 Å². The number of pyridine rings is 1. The van der Waals surface area contributed by atoms with Crippen molar-refractivity contribution in [3.63, 3.8) is 0 Å². The molecule has 2 aromatic rings. The van der Waals surface area contributed by atoms with Crippen molar-refractivity contribution in [1.29, 1.82) is 0 Å². The number of nitrogens with one attached hydrogen (secondary N) is 1. The first-order valence-electron chi connectivity index (χ1n) is 10.5. The molecule has 8 heteroatoms. The SMILES string of the molecule is CCCCCCN1C(=O)/C(=C\c2c(NCCC)nc3ccc(C)cn3c2=O)SC1=S. The molecular formula is C22H28N4O2S2. The Morgan fingerprint density at radius 3 is 2.70 bits per heavy atom. The number of amides is 1. The van der Waals surface area contributed by atoms with Crippen LogP contribution in [-0.4, -0.2) is 37.6 Å². The van der Waals surface area contributed by atoms with Crippen LogP contribution in [0.25, 0.3) is 11.7 Å². The highest BCUT2D eigenvalue weighted by molar-refractivity contribution is 8.26. The molecule has 0 bridgehead atoms. The normalized spacial score (nSPS) is 15.6. The first-order valence-corrected chi connectivity index (χ1v) is 11.7. The number of unbranched alkanes of at least 4 members (excludes halogenated alkanes) is 3. The summed E-state index contributed by atoms with van der Waals surface area (Å²) < 4.78 is 2.08. The standard InChI is InChI=1S/C22H28N4O2S2/c1-4-6-7-8-12-25-21(28)17(30-22(25)29)13-16-19(23-11-5-2)24-18-10-9-15(3)14-26(18)20(16)27/h9-10,13-14,23H,4-8,11-12H2,1-3H3/b17-13+. The van der Waals surface area contributed by atoms with E-state index in [0.29, 0.717) is 39.3 Å². The summed E-state index contributed by atoms with van der Waals surface area (Å²) in [5, 5.41) is 3.23. The molecule has 6 nitrogen and oxygen atoms in total. The molecule has 0 aliphatic carbocycles. The van der Waals surface area contributed by atoms with E-state index in [4.69, 9.17) is 12.2 Å². The van der Waals surface area contributed by atoms with Gasteiger partial charge in [-0.25, -0.2) is 4.98 Å². The van der Waals surface area contributed by atoms with E-state index in [0.717, 1.165) is 37.7 Å². The number of carbonyl (C=O) groups is 1. The van der Waals surface area contributed by atoms with E-state index < -0.39 is 0 Å². The number of fused-ring (bicyclic) bond motifs is 1. The third kappa shape index (κ3) is 4.92. The molecule has 0 saturated carbocycles. The number of hydrogen-bond acceptors (Lipinski definition) is 6. The maximum atomic E-state index is 13.2. The maximum Gasteiger partial charge on any atom is 0.267 e. The lowest BCUT2D eigenvalue weighted by Gasteiger charge is -2.14. The van der Waals surface area contributed by atoms with Crippen molar-refractivity contribution in [3.05, 3.63) is 44.7 Å². The molecule has 160 valence electrons. The quantitative estimate of drug-likeness (QED) is 0.346. The number of nitrogens with zero attached hydrogens (tertiary/aromatic N) is 3. The Morgan fingerprint density at radius 1 is 1.17 bits per heavy atom. The number of aryl methyl sites for hydroxylation is 1. The molecule has 0 aromatic carbocycles. The zero-order chi connectivity index (χ0) is 21.7. The minimum atomic E-state index is -0.199. The van der Waals surface area contributed by atoms with E-state index in [9.17, 15) is 9.59 Å². The van der Waals surface area contributed by atoms with Crippen molar-refractivity contribution >= 4 is 51.7 Å². The van der Waals surface area contributed by atoms with E-state index >= 15 is 0 Å². The van der Waals surface area contributed by atoms with E-state index in [1.54, 1.807) is 17.2 Å². The fourth-order valence-corrected chi connectivity index (χ4v) is 4.58. The van der Waals surface area contributed by atoms with Gasteiger partial charge >= 0.3 is 0 Å². The van der Waals surface area contributed by atoms with Crippen molar-refractivity contribution < 1.29 is 4.79 Å². The summed E-state index contributed by atoms with van der Waals surface area (Å²) in [6, 6.07) is 3.75. The average Bonchev–Trinajstić information content (AvgIpc) is 2.99. The first kappa shape index (κ1) is 22.5. The summed E-state index contributed by atoms with van der Waals surface area (Å²) in [5.74, 6) is 0.371. The van der Waals surface area contributed by atoms with E-state index in [1.807, 2.05) is 26.0 Å². The van der Waals surface area contributed by atoms with Crippen LogP contribution in [0.5, 0.6) is 0 Å². The number of thiocarbonyl (C=S) groups is 1. The van der Waals surface area contributed by atoms with Crippen LogP contribution in [-0.2, 0) is 4.79 Å². The average molecular weight is 445 g/mol. The first-order chi connectivity index (χ1) is 14.5. The van der Waals surface area contributed by atoms with Crippen LogP contribution in [0.4, 0.5) is 5.82 Å². The smallest absolute Gasteiger partial charge is 0.267 e. The van der Waals surface area contributed by atoms with Crippen molar-refractivity contribution in [2.24, 2.45) is 0 Å². The van der Waals surface area contributed by atoms with Crippen molar-refractivity contribution in [2.45, 2.75) is 52.9 Å². The highest BCUT2D eigenvalue weighted by Gasteiger charge is 2.32. The van der Waals surface area contributed by atoms with Gasteiger partial charge in [-0.15, -0.1) is 0 Å². The molecule has 2 aromatic heterocycles. The van der Waals surface area contributed by atoms with Gasteiger partial charge in [-0.1, -0.05) is 63.2 Å². The molecule has 0 spiro atoms. The third-order valence-corrected chi connectivity index (χ3v) is 6.31. The number of rotatable bonds is 9. The Kier molecular flexibility index (Phi) is 7.66. The summed E-state index contributed by atoms with van der Waals surface area (Å²) in [6.07, 6.45) is 8.61. The summed E-state index contributed by atoms with van der Waals surface area (Å²) in [6.45, 7) is 7.45. The number of carbonyl (C=O) groups excluding carboxylic acids is 1. The monoisotopic (exact) mass is 444 g/mol. The molecule has 0 radical (unpaired) electrons. The zero-order valence-electron chi connectivity index (χ0n) is 17.7. The van der Waals surface area contributed by atoms with Gasteiger partial charge < -0.3 is 5.32 Å². The van der Waals surface area contributed by atoms with Crippen LogP contribution >= 0.6 is 24.0 Å². The van der Waals surface area contributed by atoms with Gasteiger partial charge in [0.15, 0.2) is 0 Å². The molecule has 3 heterocycles. The predicted molar refractivity (Wildman–Crippen MR) is 129 cm³/mol. The van der Waals surface area contributed by atoms with Gasteiger partial charge in [0, 0.05) is 19.3 Å². The Morgan fingerprint density at radius 2 is 1.97 bits per heavy atom. The molecule has 1 amide bonds. The van der Waals surface area contributed by atoms with Crippen molar-refractivity contribution in [2.75, 3.05) is 18.4 Å². The minimum Gasteiger partial charge on any atom is -0.369 e. The Balaban J connectivity index is 1.97. The second-order valence-corrected chi connectivity index (χ2v) is 9.11. The number of thioether (sulfide) groups is 1. The van der Waals surface area contributed by atoms with Crippen LogP contribution in [0.2, 0.25) is 0 Å². The lowest BCUT2D eigenvalue weighted by Crippen LogP contribution is -2.29. The molecule has 0 atom stereocenters. The Hall–Kier alpha value is -2.19. The molecule has 3 rings (SSSR count). The summed E-state index contributed by atoms with van der Waals surface area (Å²) >= 11 is 6.69. The van der Waals surface area contributed by atoms with Gasteiger partial charge in [0.1, 0.15) is 15.8 Å². The fourth-order valence-electron chi connectivity index (χ4n) is 3.29. The third-order valence-electron chi connectivity index (χ3n) is 4.93. The summed E-state index contributed by atoms with van der Waals surface area (Å²) in [4.78, 5) is 32.9. The topological polar surface area (TPSA) is 66.7 Å². The fraction of sp³-hybridized carbons (Fsp3) is 0.455. The largest absolute Gasteiger partial charge is 0.369 e. The second-order valence-electron chi connectivity index (χ2n) is 7.43. The van der Waals surface area contributed by atoms with Gasteiger partial charge in [-0.2, -0.15) is 0 Å². The van der Waals surface area contributed by atoms with Gasteiger partial charge in [0.25, 0.3) is 11.5 Å². The van der Waals surface area contributed by atoms with E-state index in [2.05, 4.69) is 17.2 Å². The Labute approximate surface area is 186 Å². The van der Waals surface area contributed by atoms with Gasteiger partial charge in [-0.05, 0) is 37.5 Å². The Bertz CT molecular complexity index is 1050. The lowest BCUT2D eigenvalue weighted by atomic mass is 10.2. The zero-order valence-corrected chi connectivity index (χ0v) is 19.4. The summed E-state index contributed by atoms with van der Waals surface area (Å²) in [5.41, 5.74) is 1.73. The van der Waals surface area contributed by atoms with Crippen LogP contribution in [0, 0.1) is 6.92 Å². The molecule has 1 fully saturated rings. The van der Waals surface area contributed by atoms with Crippen LogP contribution in [0.15, 0.2) is 28.0 Å². The van der Waals surface area contributed by atoms with Crippen LogP contribution in [0.3, 0.4) is 0 Å². The van der Waals surface area contributed by atoms with Gasteiger partial charge in [-0.3, -0.25) is 18.9 Å². The van der Waals surface area contributed by atoms with E-state index in [-0.39, 0.29) is 11.5 Å². The molecule has 30 heavy (non-hydrogen) atoms. The van der Waals surface area contributed by atoms with Crippen molar-refractivity contribution in [1.82, 2.24) is 14.3 Å². The molecule has 1 saturated heterocycles. The second kappa shape index (κ2) is 10.2. The number of aromatic nitrogens is 2. The molecule has 0 unspecified atom stereocenters. The number of anilines is 1. The molecule has 1 aliphatic heterocycles. The molecular weight excluding hydrogens is 416 g/mol. The maximum absolute atomic E-state index is 13.2. The summed E-state index contributed by atoms with van der Waals surface area (Å²) in [7, 11) is 0. The van der Waals surface area contributed by atoms with Gasteiger partial charge in [0.05, 0.1) is 10.5 Å². The highest BCUT2D eigenvalue weighted by atomic mass is 32.2. The molecule has 1 aliphatic rings. The lowest BCUT2D eigenvalue weighted by molar-refractivity contribution is -0.122. The van der Waals surface area contributed by atoms with Crippen LogP contribution < -0.4 is 10.9 Å². The predicted octanol–water partition coefficient (Wildman–Crippen LogP) is 4.61. The highest BCUT2D eigenvalue weighted by Crippen LogP contribution is 2.33. The molecule has 1 N–H and O–H groups in total. The van der Waals surface area contributed by atoms with Crippen LogP contribution in [0.1, 0.15) is 57.1 Å². The number of hydrogen-bond donors (Lipinski definition) is 1. The van der Waals surface area contributed by atoms with Gasteiger partial charge in [0.2, 0.25) is 0 Å². The van der Waals surface area contributed by atoms with Crippen molar-refractivity contribution in [3.8, 4) is 0 Å².